The molecule has 0 atom stereocenters. The van der Waals surface area contributed by atoms with Crippen LogP contribution in [-0.2, 0) is 6.42 Å². The van der Waals surface area contributed by atoms with E-state index >= 15 is 0 Å². The molecule has 0 amide bonds. The number of aromatic nitrogens is 1. The third kappa shape index (κ3) is 2.32. The molecule has 0 saturated heterocycles. The largest absolute Gasteiger partial charge is 0.248 e. The van der Waals surface area contributed by atoms with Crippen molar-refractivity contribution in [1.82, 2.24) is 4.98 Å². The summed E-state index contributed by atoms with van der Waals surface area (Å²) in [7, 11) is 0. The fraction of sp³-hybridized carbons (Fsp3) is 0.211. The van der Waals surface area contributed by atoms with Crippen LogP contribution in [0.25, 0.3) is 22.2 Å². The number of pyridine rings is 1. The van der Waals surface area contributed by atoms with Crippen LogP contribution in [0, 0.1) is 13.8 Å². The maximum Gasteiger partial charge on any atom is 0.0712 e. The normalized spacial score (nSPS) is 14.4. The summed E-state index contributed by atoms with van der Waals surface area (Å²) >= 11 is 0. The molecule has 2 aromatic carbocycles. The highest BCUT2D eigenvalue weighted by atomic mass is 14.7. The Balaban J connectivity index is 2.47. The third-order valence-electron chi connectivity index (χ3n) is 3.31. The molecular weight excluding hydrogens is 242 g/mol. The Labute approximate surface area is 127 Å². The van der Waals surface area contributed by atoms with Gasteiger partial charge in [0.1, 0.15) is 0 Å². The molecular formula is C19H19N. The van der Waals surface area contributed by atoms with Crippen LogP contribution in [0.5, 0.6) is 0 Å². The Morgan fingerprint density at radius 1 is 1.00 bits per heavy atom. The molecule has 3 aromatic rings. The van der Waals surface area contributed by atoms with E-state index in [1.54, 1.807) is 0 Å². The summed E-state index contributed by atoms with van der Waals surface area (Å²) in [5, 5.41) is 0.353. The quantitative estimate of drug-likeness (QED) is 0.630. The standard InChI is InChI=1S/C19H19N/c1-4-15-6-5-7-19-17(15)8-9-18(20-19)16-11-13(2)10-14(3)12-16/h5-12H,4H2,1-3H3/i5D,6D,7D,8D,9D. The first kappa shape index (κ1) is 8.21. The van der Waals surface area contributed by atoms with Crippen LogP contribution in [0.2, 0.25) is 0 Å². The van der Waals surface area contributed by atoms with Crippen molar-refractivity contribution in [2.24, 2.45) is 0 Å². The molecule has 1 nitrogen and oxygen atoms in total. The van der Waals surface area contributed by atoms with E-state index in [4.69, 9.17) is 6.85 Å². The summed E-state index contributed by atoms with van der Waals surface area (Å²) in [5.41, 5.74) is 3.88. The van der Waals surface area contributed by atoms with E-state index in [0.717, 1.165) is 16.7 Å². The Hall–Kier alpha value is -2.15. The lowest BCUT2D eigenvalue weighted by Crippen LogP contribution is -1.90. The van der Waals surface area contributed by atoms with E-state index in [0.29, 0.717) is 23.1 Å². The molecule has 0 bridgehead atoms. The zero-order valence-corrected chi connectivity index (χ0v) is 11.9. The fourth-order valence-corrected chi connectivity index (χ4v) is 2.43. The van der Waals surface area contributed by atoms with Crippen LogP contribution < -0.4 is 0 Å². The topological polar surface area (TPSA) is 12.9 Å². The van der Waals surface area contributed by atoms with Crippen LogP contribution in [0.3, 0.4) is 0 Å². The lowest BCUT2D eigenvalue weighted by Gasteiger charge is -2.08. The van der Waals surface area contributed by atoms with Crippen LogP contribution in [0.15, 0.2) is 48.4 Å². The summed E-state index contributed by atoms with van der Waals surface area (Å²) in [4.78, 5) is 4.50. The Bertz CT molecular complexity index is 991. The van der Waals surface area contributed by atoms with Crippen molar-refractivity contribution in [1.29, 1.82) is 0 Å². The van der Waals surface area contributed by atoms with Crippen molar-refractivity contribution in [3.05, 3.63) is 65.1 Å². The number of benzene rings is 2. The minimum absolute atomic E-state index is 0.0104. The molecule has 0 fully saturated rings. The van der Waals surface area contributed by atoms with Crippen molar-refractivity contribution in [3.63, 3.8) is 0 Å². The van der Waals surface area contributed by atoms with Gasteiger partial charge in [-0.25, -0.2) is 4.98 Å². The van der Waals surface area contributed by atoms with Crippen LogP contribution in [0.1, 0.15) is 30.5 Å². The van der Waals surface area contributed by atoms with Gasteiger partial charge in [-0.2, -0.15) is 0 Å². The molecule has 0 radical (unpaired) electrons. The van der Waals surface area contributed by atoms with Gasteiger partial charge in [-0.05, 0) is 50.0 Å². The predicted molar refractivity (Wildman–Crippen MR) is 86.0 cm³/mol. The first-order valence-electron chi connectivity index (χ1n) is 9.24. The van der Waals surface area contributed by atoms with Gasteiger partial charge in [-0.1, -0.05) is 42.2 Å². The highest BCUT2D eigenvalue weighted by Crippen LogP contribution is 2.25. The number of nitrogens with zero attached hydrogens (tertiary/aromatic N) is 1. The predicted octanol–water partition coefficient (Wildman–Crippen LogP) is 5.08. The van der Waals surface area contributed by atoms with Gasteiger partial charge < -0.3 is 0 Å². The summed E-state index contributed by atoms with van der Waals surface area (Å²) in [6, 6.07) is 5.41. The van der Waals surface area contributed by atoms with Gasteiger partial charge in [-0.15, -0.1) is 0 Å². The number of aryl methyl sites for hydroxylation is 3. The molecule has 1 heterocycles. The van der Waals surface area contributed by atoms with Crippen molar-refractivity contribution in [2.75, 3.05) is 0 Å². The van der Waals surface area contributed by atoms with Crippen LogP contribution in [0.4, 0.5) is 0 Å². The zero-order chi connectivity index (χ0) is 18.5. The molecule has 0 aliphatic rings. The molecule has 0 saturated carbocycles. The van der Waals surface area contributed by atoms with Crippen molar-refractivity contribution < 1.29 is 6.85 Å². The molecule has 0 unspecified atom stereocenters. The van der Waals surface area contributed by atoms with E-state index in [2.05, 4.69) is 4.98 Å². The Morgan fingerprint density at radius 2 is 1.75 bits per heavy atom. The molecule has 0 spiro atoms. The average Bonchev–Trinajstić information content (AvgIpc) is 2.56. The van der Waals surface area contributed by atoms with E-state index in [1.165, 1.54) is 0 Å². The van der Waals surface area contributed by atoms with Crippen molar-refractivity contribution >= 4 is 10.9 Å². The lowest BCUT2D eigenvalue weighted by molar-refractivity contribution is 1.16. The summed E-state index contributed by atoms with van der Waals surface area (Å²) in [6.07, 6.45) is 0.456. The minimum Gasteiger partial charge on any atom is -0.248 e. The second-order valence-electron chi connectivity index (χ2n) is 5.02. The second-order valence-corrected chi connectivity index (χ2v) is 5.02. The first-order valence-corrected chi connectivity index (χ1v) is 6.74. The highest BCUT2D eigenvalue weighted by Gasteiger charge is 2.05. The first-order chi connectivity index (χ1) is 11.8. The van der Waals surface area contributed by atoms with Crippen LogP contribution in [-0.4, -0.2) is 4.98 Å². The van der Waals surface area contributed by atoms with E-state index in [9.17, 15) is 0 Å². The molecule has 20 heavy (non-hydrogen) atoms. The van der Waals surface area contributed by atoms with E-state index in [1.807, 2.05) is 39.0 Å². The number of fused-ring (bicyclic) bond motifs is 1. The van der Waals surface area contributed by atoms with Crippen molar-refractivity contribution in [3.8, 4) is 11.3 Å². The summed E-state index contributed by atoms with van der Waals surface area (Å²) < 4.78 is 41.1. The van der Waals surface area contributed by atoms with Crippen molar-refractivity contribution in [2.45, 2.75) is 27.2 Å². The molecule has 1 aromatic heterocycles. The van der Waals surface area contributed by atoms with E-state index in [-0.39, 0.29) is 35.7 Å². The maximum absolute atomic E-state index is 8.44. The Kier molecular flexibility index (Phi) is 2.09. The fourth-order valence-electron chi connectivity index (χ4n) is 2.43. The number of hydrogen-bond acceptors (Lipinski definition) is 1. The van der Waals surface area contributed by atoms with Gasteiger partial charge in [0.2, 0.25) is 0 Å². The maximum atomic E-state index is 8.44. The molecule has 0 aliphatic carbocycles. The minimum atomic E-state index is -0.180. The third-order valence-corrected chi connectivity index (χ3v) is 3.31. The molecule has 0 aliphatic heterocycles. The zero-order valence-electron chi connectivity index (χ0n) is 16.9. The monoisotopic (exact) mass is 266 g/mol. The molecule has 1 heteroatoms. The Morgan fingerprint density at radius 3 is 2.45 bits per heavy atom. The van der Waals surface area contributed by atoms with Gasteiger partial charge in [0.05, 0.1) is 18.1 Å². The smallest absolute Gasteiger partial charge is 0.0712 e. The lowest BCUT2D eigenvalue weighted by atomic mass is 10.0. The molecule has 0 N–H and O–H groups in total. The van der Waals surface area contributed by atoms with E-state index < -0.39 is 0 Å². The van der Waals surface area contributed by atoms with Gasteiger partial charge in [0, 0.05) is 10.9 Å². The van der Waals surface area contributed by atoms with Gasteiger partial charge in [0.25, 0.3) is 0 Å². The van der Waals surface area contributed by atoms with Gasteiger partial charge in [0.15, 0.2) is 0 Å². The molecule has 3 rings (SSSR count). The molecule has 100 valence electrons. The number of hydrogen-bond donors (Lipinski definition) is 0. The van der Waals surface area contributed by atoms with Gasteiger partial charge >= 0.3 is 0 Å². The number of rotatable bonds is 2. The second kappa shape index (κ2) is 5.09. The van der Waals surface area contributed by atoms with Gasteiger partial charge in [-0.3, -0.25) is 0 Å². The SMILES string of the molecule is [2H]c1c([2H])c(CC)c2c([2H])c([2H])c(-c3cc(C)cc(C)c3)nc2c1[2H]. The average molecular weight is 266 g/mol. The highest BCUT2D eigenvalue weighted by molar-refractivity contribution is 5.84. The summed E-state index contributed by atoms with van der Waals surface area (Å²) in [5.74, 6) is 0. The summed E-state index contributed by atoms with van der Waals surface area (Å²) in [6.45, 7) is 5.76. The van der Waals surface area contributed by atoms with Crippen LogP contribution >= 0.6 is 0 Å².